The van der Waals surface area contributed by atoms with Crippen molar-refractivity contribution in [1.29, 1.82) is 10.5 Å². The average molecular weight is 269 g/mol. The topological polar surface area (TPSA) is 60.0 Å². The zero-order valence-corrected chi connectivity index (χ0v) is 10.5. The first-order valence-electron chi connectivity index (χ1n) is 5.18. The first-order chi connectivity index (χ1) is 8.84. The highest BCUT2D eigenvalue weighted by atomic mass is 19.2. The molecule has 0 N–H and O–H groups in total. The Morgan fingerprint density at radius 3 is 1.89 bits per heavy atom. The second-order valence-electron chi connectivity index (χ2n) is 3.93. The van der Waals surface area contributed by atoms with E-state index < -0.39 is 40.6 Å². The molecule has 0 heterocycles. The predicted molar refractivity (Wildman–Crippen MR) is 59.5 cm³/mol. The molecule has 100 valence electrons. The molecule has 0 radical (unpaired) electrons. The SMILES string of the molecule is CC(Oc1c(F)c(F)c(C#N)c(C#N)c1F)N(C)C. The van der Waals surface area contributed by atoms with Gasteiger partial charge in [0.05, 0.1) is 0 Å². The van der Waals surface area contributed by atoms with Crippen LogP contribution in [0.3, 0.4) is 0 Å². The lowest BCUT2D eigenvalue weighted by Gasteiger charge is -2.22. The molecular formula is C12H10F3N3O. The highest BCUT2D eigenvalue weighted by molar-refractivity contribution is 5.52. The number of ether oxygens (including phenoxy) is 1. The van der Waals surface area contributed by atoms with Gasteiger partial charge in [0, 0.05) is 0 Å². The van der Waals surface area contributed by atoms with Crippen LogP contribution < -0.4 is 4.74 Å². The minimum absolute atomic E-state index is 0.747. The summed E-state index contributed by atoms with van der Waals surface area (Å²) < 4.78 is 46.0. The van der Waals surface area contributed by atoms with Gasteiger partial charge in [-0.15, -0.1) is 0 Å². The fourth-order valence-electron chi connectivity index (χ4n) is 1.23. The molecule has 0 saturated carbocycles. The molecule has 1 rings (SSSR count). The zero-order valence-electron chi connectivity index (χ0n) is 10.5. The summed E-state index contributed by atoms with van der Waals surface area (Å²) in [5.74, 6) is -5.61. The van der Waals surface area contributed by atoms with E-state index in [1.165, 1.54) is 24.0 Å². The van der Waals surface area contributed by atoms with Crippen LogP contribution in [-0.4, -0.2) is 25.2 Å². The summed E-state index contributed by atoms with van der Waals surface area (Å²) in [6, 6.07) is 2.58. The van der Waals surface area contributed by atoms with Gasteiger partial charge in [0.25, 0.3) is 0 Å². The van der Waals surface area contributed by atoms with Crippen molar-refractivity contribution in [3.63, 3.8) is 0 Å². The van der Waals surface area contributed by atoms with Gasteiger partial charge in [-0.2, -0.15) is 14.9 Å². The normalized spacial score (nSPS) is 11.8. The number of rotatable bonds is 3. The molecule has 7 heteroatoms. The number of hydrogen-bond donors (Lipinski definition) is 0. The highest BCUT2D eigenvalue weighted by Crippen LogP contribution is 2.31. The lowest BCUT2D eigenvalue weighted by molar-refractivity contribution is 0.0720. The summed E-state index contributed by atoms with van der Waals surface area (Å²) >= 11 is 0. The maximum atomic E-state index is 13.9. The summed E-state index contributed by atoms with van der Waals surface area (Å²) in [6.45, 7) is 1.49. The number of halogens is 3. The summed E-state index contributed by atoms with van der Waals surface area (Å²) in [5.41, 5.74) is -1.84. The van der Waals surface area contributed by atoms with Crippen molar-refractivity contribution in [1.82, 2.24) is 4.90 Å². The van der Waals surface area contributed by atoms with E-state index in [2.05, 4.69) is 0 Å². The van der Waals surface area contributed by atoms with E-state index >= 15 is 0 Å². The van der Waals surface area contributed by atoms with Gasteiger partial charge >= 0.3 is 0 Å². The molecule has 0 aliphatic heterocycles. The molecular weight excluding hydrogens is 259 g/mol. The molecule has 0 bridgehead atoms. The standard InChI is InChI=1S/C12H10F3N3O/c1-6(18(2)3)19-12-10(14)8(5-17)7(4-16)9(13)11(12)15/h6H,1-3H3. The molecule has 4 nitrogen and oxygen atoms in total. The Bertz CT molecular complexity index is 588. The molecule has 0 aliphatic carbocycles. The maximum absolute atomic E-state index is 13.9. The molecule has 0 saturated heterocycles. The van der Waals surface area contributed by atoms with Crippen molar-refractivity contribution in [2.75, 3.05) is 14.1 Å². The van der Waals surface area contributed by atoms with Crippen LogP contribution in [0.4, 0.5) is 13.2 Å². The molecule has 0 aromatic heterocycles. The van der Waals surface area contributed by atoms with Crippen molar-refractivity contribution in [2.24, 2.45) is 0 Å². The summed E-state index contributed by atoms with van der Waals surface area (Å²) in [6.07, 6.45) is -0.747. The second-order valence-corrected chi connectivity index (χ2v) is 3.93. The van der Waals surface area contributed by atoms with E-state index in [-0.39, 0.29) is 0 Å². The van der Waals surface area contributed by atoms with Crippen LogP contribution in [-0.2, 0) is 0 Å². The number of hydrogen-bond acceptors (Lipinski definition) is 4. The molecule has 0 fully saturated rings. The van der Waals surface area contributed by atoms with Gasteiger partial charge in [0.2, 0.25) is 5.82 Å². The first kappa shape index (κ1) is 14.8. The summed E-state index contributed by atoms with van der Waals surface area (Å²) in [4.78, 5) is 1.49. The van der Waals surface area contributed by atoms with E-state index in [4.69, 9.17) is 15.3 Å². The van der Waals surface area contributed by atoms with E-state index in [9.17, 15) is 13.2 Å². The van der Waals surface area contributed by atoms with Crippen molar-refractivity contribution >= 4 is 0 Å². The third-order valence-electron chi connectivity index (χ3n) is 2.52. The van der Waals surface area contributed by atoms with Crippen LogP contribution in [0.2, 0.25) is 0 Å². The van der Waals surface area contributed by atoms with Crippen LogP contribution in [0.1, 0.15) is 18.1 Å². The Hall–Kier alpha value is -2.25. The van der Waals surface area contributed by atoms with Gasteiger partial charge in [-0.25, -0.2) is 8.78 Å². The van der Waals surface area contributed by atoms with Gasteiger partial charge < -0.3 is 4.74 Å². The third kappa shape index (κ3) is 2.61. The second kappa shape index (κ2) is 5.59. The van der Waals surface area contributed by atoms with Crippen LogP contribution in [0.25, 0.3) is 0 Å². The smallest absolute Gasteiger partial charge is 0.205 e. The number of nitriles is 2. The zero-order chi connectivity index (χ0) is 14.7. The van der Waals surface area contributed by atoms with E-state index in [1.807, 2.05) is 0 Å². The number of benzene rings is 1. The van der Waals surface area contributed by atoms with Crippen LogP contribution in [0.5, 0.6) is 5.75 Å². The molecule has 1 aromatic carbocycles. The van der Waals surface area contributed by atoms with Crippen molar-refractivity contribution in [3.05, 3.63) is 28.6 Å². The fraction of sp³-hybridized carbons (Fsp3) is 0.333. The largest absolute Gasteiger partial charge is 0.469 e. The lowest BCUT2D eigenvalue weighted by Crippen LogP contribution is -2.31. The van der Waals surface area contributed by atoms with Crippen LogP contribution in [0, 0.1) is 40.1 Å². The molecule has 1 atom stereocenters. The molecule has 0 aliphatic rings. The van der Waals surface area contributed by atoms with Crippen molar-refractivity contribution in [3.8, 4) is 17.9 Å². The first-order valence-corrected chi connectivity index (χ1v) is 5.18. The Morgan fingerprint density at radius 2 is 1.47 bits per heavy atom. The van der Waals surface area contributed by atoms with Gasteiger partial charge in [-0.3, -0.25) is 4.90 Å². The minimum atomic E-state index is -1.62. The van der Waals surface area contributed by atoms with Gasteiger partial charge in [0.1, 0.15) is 29.5 Å². The van der Waals surface area contributed by atoms with E-state index in [0.717, 1.165) is 0 Å². The predicted octanol–water partition coefficient (Wildman–Crippen LogP) is 2.13. The van der Waals surface area contributed by atoms with E-state index in [0.29, 0.717) is 0 Å². The molecule has 1 aromatic rings. The van der Waals surface area contributed by atoms with Crippen molar-refractivity contribution < 1.29 is 17.9 Å². The van der Waals surface area contributed by atoms with Gasteiger partial charge in [-0.1, -0.05) is 0 Å². The molecule has 1 unspecified atom stereocenters. The Kier molecular flexibility index (Phi) is 4.36. The molecule has 0 spiro atoms. The molecule has 0 amide bonds. The summed E-state index contributed by atoms with van der Waals surface area (Å²) in [5, 5.41) is 17.3. The lowest BCUT2D eigenvalue weighted by atomic mass is 10.1. The Morgan fingerprint density at radius 1 is 1.00 bits per heavy atom. The van der Waals surface area contributed by atoms with Gasteiger partial charge in [-0.05, 0) is 21.0 Å². The van der Waals surface area contributed by atoms with Crippen LogP contribution >= 0.6 is 0 Å². The minimum Gasteiger partial charge on any atom is -0.469 e. The Labute approximate surface area is 108 Å². The summed E-state index contributed by atoms with van der Waals surface area (Å²) in [7, 11) is 3.18. The van der Waals surface area contributed by atoms with Gasteiger partial charge in [0.15, 0.2) is 17.4 Å². The third-order valence-corrected chi connectivity index (χ3v) is 2.52. The molecule has 19 heavy (non-hydrogen) atoms. The highest BCUT2D eigenvalue weighted by Gasteiger charge is 2.27. The van der Waals surface area contributed by atoms with E-state index in [1.54, 1.807) is 14.1 Å². The quantitative estimate of drug-likeness (QED) is 0.623. The monoisotopic (exact) mass is 269 g/mol. The van der Waals surface area contributed by atoms with Crippen molar-refractivity contribution in [2.45, 2.75) is 13.2 Å². The average Bonchev–Trinajstić information content (AvgIpc) is 2.37. The Balaban J connectivity index is 3.48. The number of nitrogens with zero attached hydrogens (tertiary/aromatic N) is 3. The van der Waals surface area contributed by atoms with Crippen LogP contribution in [0.15, 0.2) is 0 Å². The fourth-order valence-corrected chi connectivity index (χ4v) is 1.23. The maximum Gasteiger partial charge on any atom is 0.205 e.